The van der Waals surface area contributed by atoms with Gasteiger partial charge in [-0.25, -0.2) is 0 Å². The van der Waals surface area contributed by atoms with Crippen molar-refractivity contribution in [3.63, 3.8) is 0 Å². The number of aromatic amines is 1. The summed E-state index contributed by atoms with van der Waals surface area (Å²) in [5, 5.41) is 10.2. The highest BCUT2D eigenvalue weighted by Crippen LogP contribution is 2.27. The molecular weight excluding hydrogens is 364 g/mol. The number of hydrogen-bond donors (Lipinski definition) is 2. The van der Waals surface area contributed by atoms with Crippen molar-refractivity contribution in [3.8, 4) is 17.0 Å². The lowest BCUT2D eigenvalue weighted by molar-refractivity contribution is 0.0938. The van der Waals surface area contributed by atoms with E-state index in [1.54, 1.807) is 13.3 Å². The predicted octanol–water partition coefficient (Wildman–Crippen LogP) is 3.65. The minimum atomic E-state index is -0.121. The summed E-state index contributed by atoms with van der Waals surface area (Å²) >= 11 is 0. The summed E-state index contributed by atoms with van der Waals surface area (Å²) in [4.78, 5) is 15.4. The Hall–Kier alpha value is -3.12. The number of nitrogens with one attached hydrogen (secondary N) is 2. The van der Waals surface area contributed by atoms with E-state index in [9.17, 15) is 4.79 Å². The van der Waals surface area contributed by atoms with Crippen molar-refractivity contribution in [2.75, 3.05) is 26.7 Å². The zero-order chi connectivity index (χ0) is 20.1. The Morgan fingerprint density at radius 3 is 2.72 bits per heavy atom. The van der Waals surface area contributed by atoms with Crippen LogP contribution in [0.4, 0.5) is 0 Å². The first-order valence-corrected chi connectivity index (χ1v) is 10.0. The van der Waals surface area contributed by atoms with Crippen molar-refractivity contribution < 1.29 is 9.53 Å². The molecular formula is C23H26N4O2. The minimum Gasteiger partial charge on any atom is -0.497 e. The van der Waals surface area contributed by atoms with Crippen LogP contribution in [0.2, 0.25) is 0 Å². The van der Waals surface area contributed by atoms with Gasteiger partial charge in [-0.2, -0.15) is 5.10 Å². The van der Waals surface area contributed by atoms with E-state index in [1.165, 1.54) is 12.8 Å². The molecule has 1 saturated heterocycles. The van der Waals surface area contributed by atoms with E-state index in [-0.39, 0.29) is 11.9 Å². The summed E-state index contributed by atoms with van der Waals surface area (Å²) in [6, 6.07) is 18.0. The van der Waals surface area contributed by atoms with Crippen LogP contribution >= 0.6 is 0 Å². The predicted molar refractivity (Wildman–Crippen MR) is 113 cm³/mol. The average molecular weight is 390 g/mol. The third-order valence-electron chi connectivity index (χ3n) is 5.46. The van der Waals surface area contributed by atoms with E-state index in [0.29, 0.717) is 12.1 Å². The Balaban J connectivity index is 1.52. The third-order valence-corrected chi connectivity index (χ3v) is 5.46. The molecule has 1 fully saturated rings. The number of hydrogen-bond acceptors (Lipinski definition) is 4. The van der Waals surface area contributed by atoms with Crippen LogP contribution in [0.5, 0.6) is 5.75 Å². The molecule has 2 aromatic carbocycles. The van der Waals surface area contributed by atoms with E-state index in [1.807, 2.05) is 42.5 Å². The fraction of sp³-hybridized carbons (Fsp3) is 0.304. The number of likely N-dealkylation sites (tertiary alicyclic amines) is 1. The molecule has 0 spiro atoms. The van der Waals surface area contributed by atoms with Crippen LogP contribution in [0.25, 0.3) is 11.3 Å². The summed E-state index contributed by atoms with van der Waals surface area (Å²) in [5.41, 5.74) is 3.39. The lowest BCUT2D eigenvalue weighted by Crippen LogP contribution is -2.36. The maximum atomic E-state index is 13.0. The van der Waals surface area contributed by atoms with E-state index < -0.39 is 0 Å². The minimum absolute atomic E-state index is 0.114. The molecule has 0 radical (unpaired) electrons. The lowest BCUT2D eigenvalue weighted by atomic mass is 10.0. The van der Waals surface area contributed by atoms with Gasteiger partial charge in [-0.15, -0.1) is 0 Å². The Morgan fingerprint density at radius 1 is 1.17 bits per heavy atom. The number of ether oxygens (including phenoxy) is 1. The second kappa shape index (κ2) is 8.92. The van der Waals surface area contributed by atoms with Crippen LogP contribution in [0, 0.1) is 0 Å². The van der Waals surface area contributed by atoms with Gasteiger partial charge in [0.05, 0.1) is 30.6 Å². The third kappa shape index (κ3) is 4.32. The summed E-state index contributed by atoms with van der Waals surface area (Å²) in [5.74, 6) is 0.712. The van der Waals surface area contributed by atoms with E-state index in [0.717, 1.165) is 35.7 Å². The molecule has 2 N–H and O–H groups in total. The molecule has 0 saturated carbocycles. The lowest BCUT2D eigenvalue weighted by Gasteiger charge is -2.28. The Kier molecular flexibility index (Phi) is 5.91. The van der Waals surface area contributed by atoms with Gasteiger partial charge in [0.2, 0.25) is 0 Å². The van der Waals surface area contributed by atoms with Gasteiger partial charge in [0.15, 0.2) is 0 Å². The first-order valence-electron chi connectivity index (χ1n) is 10.0. The van der Waals surface area contributed by atoms with E-state index in [2.05, 4.69) is 32.5 Å². The number of benzene rings is 2. The molecule has 150 valence electrons. The van der Waals surface area contributed by atoms with Gasteiger partial charge in [0, 0.05) is 12.1 Å². The number of aromatic nitrogens is 2. The van der Waals surface area contributed by atoms with Gasteiger partial charge in [-0.1, -0.05) is 42.5 Å². The number of carbonyl (C=O) groups is 1. The Labute approximate surface area is 170 Å². The van der Waals surface area contributed by atoms with Crippen molar-refractivity contribution in [3.05, 3.63) is 71.9 Å². The largest absolute Gasteiger partial charge is 0.497 e. The molecule has 1 atom stereocenters. The molecule has 6 nitrogen and oxygen atoms in total. The van der Waals surface area contributed by atoms with Gasteiger partial charge in [0.25, 0.3) is 5.91 Å². The van der Waals surface area contributed by atoms with Crippen LogP contribution in [0.15, 0.2) is 60.8 Å². The SMILES string of the molecule is COc1cccc(C(CNC(=O)c2cn[nH]c2-c2ccccc2)N2CCCC2)c1. The summed E-state index contributed by atoms with van der Waals surface area (Å²) in [6.45, 7) is 2.61. The quantitative estimate of drug-likeness (QED) is 0.646. The fourth-order valence-corrected chi connectivity index (χ4v) is 3.93. The molecule has 1 unspecified atom stereocenters. The zero-order valence-corrected chi connectivity index (χ0v) is 16.6. The standard InChI is InChI=1S/C23H26N4O2/c1-29-19-11-7-10-18(14-19)21(27-12-5-6-13-27)16-24-23(28)20-15-25-26-22(20)17-8-3-2-4-9-17/h2-4,7-11,14-15,21H,5-6,12-13,16H2,1H3,(H,24,28)(H,25,26). The maximum Gasteiger partial charge on any atom is 0.255 e. The van der Waals surface area contributed by atoms with Crippen molar-refractivity contribution in [1.29, 1.82) is 0 Å². The average Bonchev–Trinajstić information content (AvgIpc) is 3.47. The normalized spacial score (nSPS) is 15.2. The van der Waals surface area contributed by atoms with Crippen molar-refractivity contribution >= 4 is 5.91 Å². The first-order chi connectivity index (χ1) is 14.3. The zero-order valence-electron chi connectivity index (χ0n) is 16.6. The highest BCUT2D eigenvalue weighted by atomic mass is 16.5. The van der Waals surface area contributed by atoms with Gasteiger partial charge < -0.3 is 10.1 Å². The maximum absolute atomic E-state index is 13.0. The first kappa shape index (κ1) is 19.2. The highest BCUT2D eigenvalue weighted by Gasteiger charge is 2.25. The molecule has 2 heterocycles. The van der Waals surface area contributed by atoms with Gasteiger partial charge >= 0.3 is 0 Å². The molecule has 0 aliphatic carbocycles. The van der Waals surface area contributed by atoms with E-state index in [4.69, 9.17) is 4.74 Å². The molecule has 29 heavy (non-hydrogen) atoms. The van der Waals surface area contributed by atoms with Crippen LogP contribution in [-0.4, -0.2) is 47.7 Å². The summed E-state index contributed by atoms with van der Waals surface area (Å²) in [7, 11) is 1.68. The molecule has 6 heteroatoms. The Morgan fingerprint density at radius 2 is 1.97 bits per heavy atom. The van der Waals surface area contributed by atoms with Crippen LogP contribution in [0.3, 0.4) is 0 Å². The summed E-state index contributed by atoms with van der Waals surface area (Å²) in [6.07, 6.45) is 3.97. The fourth-order valence-electron chi connectivity index (χ4n) is 3.93. The second-order valence-corrected chi connectivity index (χ2v) is 7.27. The number of amides is 1. The number of methoxy groups -OCH3 is 1. The number of carbonyl (C=O) groups excluding carboxylic acids is 1. The molecule has 3 aromatic rings. The molecule has 1 aromatic heterocycles. The second-order valence-electron chi connectivity index (χ2n) is 7.27. The summed E-state index contributed by atoms with van der Waals surface area (Å²) < 4.78 is 5.40. The molecule has 4 rings (SSSR count). The molecule has 1 amide bonds. The topological polar surface area (TPSA) is 70.2 Å². The molecule has 1 aliphatic heterocycles. The van der Waals surface area contributed by atoms with Crippen LogP contribution in [-0.2, 0) is 0 Å². The number of rotatable bonds is 7. The molecule has 0 bridgehead atoms. The Bertz CT molecular complexity index is 948. The number of nitrogens with zero attached hydrogens (tertiary/aromatic N) is 2. The van der Waals surface area contributed by atoms with Gasteiger partial charge in [-0.05, 0) is 43.6 Å². The molecule has 1 aliphatic rings. The monoisotopic (exact) mass is 390 g/mol. The van der Waals surface area contributed by atoms with Gasteiger partial charge in [-0.3, -0.25) is 14.8 Å². The van der Waals surface area contributed by atoms with Crippen molar-refractivity contribution in [1.82, 2.24) is 20.4 Å². The van der Waals surface area contributed by atoms with E-state index >= 15 is 0 Å². The van der Waals surface area contributed by atoms with Crippen LogP contribution in [0.1, 0.15) is 34.8 Å². The van der Waals surface area contributed by atoms with Crippen molar-refractivity contribution in [2.24, 2.45) is 0 Å². The smallest absolute Gasteiger partial charge is 0.255 e. The van der Waals surface area contributed by atoms with Crippen molar-refractivity contribution in [2.45, 2.75) is 18.9 Å². The number of H-pyrrole nitrogens is 1. The van der Waals surface area contributed by atoms with Crippen LogP contribution < -0.4 is 10.1 Å². The van der Waals surface area contributed by atoms with Gasteiger partial charge in [0.1, 0.15) is 5.75 Å². The highest BCUT2D eigenvalue weighted by molar-refractivity contribution is 5.99.